The molecule has 1 aliphatic rings. The summed E-state index contributed by atoms with van der Waals surface area (Å²) >= 11 is 0. The molecule has 0 saturated carbocycles. The number of ether oxygens (including phenoxy) is 1. The molecule has 0 unspecified atom stereocenters. The first-order valence-electron chi connectivity index (χ1n) is 10.8. The lowest BCUT2D eigenvalue weighted by molar-refractivity contribution is -0.143. The molecule has 0 spiro atoms. The standard InChI is InChI=1S/C23H20F6N4O3S/c1-36-20-5-3-2-4-18(20)19-6-7-21(31-30-19)32-8-10-33(11-9-32)37(34,35)17-13-15(22(24,25)26)12-16(14-17)23(27,28)29/h2-7,12-14H,8-11H2,1H3. The number of nitrogens with zero attached hydrogens (tertiary/aromatic N) is 4. The normalized spacial score (nSPS) is 15.6. The lowest BCUT2D eigenvalue weighted by Crippen LogP contribution is -2.49. The molecule has 0 N–H and O–H groups in total. The molecule has 0 aliphatic carbocycles. The number of piperazine rings is 1. The molecule has 0 radical (unpaired) electrons. The number of aromatic nitrogens is 2. The minimum Gasteiger partial charge on any atom is -0.496 e. The highest BCUT2D eigenvalue weighted by molar-refractivity contribution is 7.89. The number of sulfonamides is 1. The van der Waals surface area contributed by atoms with Crippen LogP contribution in [0.2, 0.25) is 0 Å². The highest BCUT2D eigenvalue weighted by atomic mass is 32.2. The van der Waals surface area contributed by atoms with Crippen LogP contribution < -0.4 is 9.64 Å². The zero-order chi connectivity index (χ0) is 27.0. The fourth-order valence-corrected chi connectivity index (χ4v) is 5.37. The first-order chi connectivity index (χ1) is 17.3. The molecule has 7 nitrogen and oxygen atoms in total. The van der Waals surface area contributed by atoms with E-state index in [0.717, 1.165) is 9.87 Å². The fourth-order valence-electron chi connectivity index (χ4n) is 3.88. The van der Waals surface area contributed by atoms with E-state index >= 15 is 0 Å². The van der Waals surface area contributed by atoms with Crippen molar-refractivity contribution in [1.29, 1.82) is 0 Å². The topological polar surface area (TPSA) is 75.6 Å². The number of hydrogen-bond donors (Lipinski definition) is 0. The second-order valence-electron chi connectivity index (χ2n) is 8.11. The molecule has 1 saturated heterocycles. The Labute approximate surface area is 208 Å². The maximum atomic E-state index is 13.2. The molecule has 1 fully saturated rings. The Hall–Kier alpha value is -3.39. The van der Waals surface area contributed by atoms with Crippen LogP contribution in [0.3, 0.4) is 0 Å². The average Bonchev–Trinajstić information content (AvgIpc) is 2.87. The molecular formula is C23H20F6N4O3S. The highest BCUT2D eigenvalue weighted by Gasteiger charge is 2.39. The van der Waals surface area contributed by atoms with Crippen molar-refractivity contribution in [2.45, 2.75) is 17.2 Å². The number of para-hydroxylation sites is 1. The van der Waals surface area contributed by atoms with Crippen LogP contribution >= 0.6 is 0 Å². The van der Waals surface area contributed by atoms with E-state index in [4.69, 9.17) is 4.74 Å². The van der Waals surface area contributed by atoms with Crippen molar-refractivity contribution >= 4 is 15.8 Å². The molecule has 0 amide bonds. The number of rotatable bonds is 5. The molecule has 2 heterocycles. The maximum Gasteiger partial charge on any atom is 0.416 e. The SMILES string of the molecule is COc1ccccc1-c1ccc(N2CCN(S(=O)(=O)c3cc(C(F)(F)F)cc(C(F)(F)F)c3)CC2)nn1. The number of hydrogen-bond acceptors (Lipinski definition) is 6. The molecule has 1 aliphatic heterocycles. The summed E-state index contributed by atoms with van der Waals surface area (Å²) in [5, 5.41) is 8.38. The molecule has 0 atom stereocenters. The van der Waals surface area contributed by atoms with E-state index in [2.05, 4.69) is 10.2 Å². The molecule has 0 bridgehead atoms. The van der Waals surface area contributed by atoms with E-state index in [1.807, 2.05) is 12.1 Å². The van der Waals surface area contributed by atoms with Gasteiger partial charge in [0.15, 0.2) is 5.82 Å². The monoisotopic (exact) mass is 546 g/mol. The average molecular weight is 546 g/mol. The van der Waals surface area contributed by atoms with E-state index in [1.54, 1.807) is 29.2 Å². The Morgan fingerprint density at radius 2 is 1.41 bits per heavy atom. The third-order valence-corrected chi connectivity index (χ3v) is 7.67. The van der Waals surface area contributed by atoms with Gasteiger partial charge in [0.1, 0.15) is 5.75 Å². The van der Waals surface area contributed by atoms with E-state index < -0.39 is 38.4 Å². The van der Waals surface area contributed by atoms with Crippen molar-refractivity contribution in [1.82, 2.24) is 14.5 Å². The molecule has 1 aromatic heterocycles. The van der Waals surface area contributed by atoms with Gasteiger partial charge in [0, 0.05) is 31.7 Å². The Kier molecular flexibility index (Phi) is 7.08. The molecule has 4 rings (SSSR count). The van der Waals surface area contributed by atoms with Crippen LogP contribution in [0.1, 0.15) is 11.1 Å². The van der Waals surface area contributed by atoms with E-state index in [1.165, 1.54) is 7.11 Å². The van der Waals surface area contributed by atoms with Crippen LogP contribution in [0.15, 0.2) is 59.5 Å². The van der Waals surface area contributed by atoms with E-state index in [9.17, 15) is 34.8 Å². The predicted molar refractivity (Wildman–Crippen MR) is 121 cm³/mol. The molecule has 3 aromatic rings. The van der Waals surface area contributed by atoms with Crippen molar-refractivity contribution < 1.29 is 39.5 Å². The van der Waals surface area contributed by atoms with Crippen LogP contribution in [0.25, 0.3) is 11.3 Å². The summed E-state index contributed by atoms with van der Waals surface area (Å²) in [6.45, 7) is -0.133. The van der Waals surface area contributed by atoms with Gasteiger partial charge >= 0.3 is 12.4 Å². The van der Waals surface area contributed by atoms with Gasteiger partial charge in [0.05, 0.1) is 28.8 Å². The van der Waals surface area contributed by atoms with Gasteiger partial charge in [-0.15, -0.1) is 10.2 Å². The molecule has 37 heavy (non-hydrogen) atoms. The van der Waals surface area contributed by atoms with Crippen molar-refractivity contribution in [2.75, 3.05) is 38.2 Å². The summed E-state index contributed by atoms with van der Waals surface area (Å²) in [5.74, 6) is 1.04. The summed E-state index contributed by atoms with van der Waals surface area (Å²) in [7, 11) is -3.10. The Morgan fingerprint density at radius 1 is 0.811 bits per heavy atom. The van der Waals surface area contributed by atoms with Crippen LogP contribution in [-0.2, 0) is 22.4 Å². The maximum absolute atomic E-state index is 13.2. The summed E-state index contributed by atoms with van der Waals surface area (Å²) < 4.78 is 111. The van der Waals surface area contributed by atoms with Crippen LogP contribution in [-0.4, -0.2) is 56.2 Å². The largest absolute Gasteiger partial charge is 0.496 e. The highest BCUT2D eigenvalue weighted by Crippen LogP contribution is 2.38. The van der Waals surface area contributed by atoms with Crippen molar-refractivity contribution in [3.63, 3.8) is 0 Å². The first kappa shape index (κ1) is 26.7. The smallest absolute Gasteiger partial charge is 0.416 e. The minimum atomic E-state index is -5.15. The molecule has 198 valence electrons. The zero-order valence-corrected chi connectivity index (χ0v) is 20.0. The summed E-state index contributed by atoms with van der Waals surface area (Å²) in [5.41, 5.74) is -2.11. The number of halogens is 6. The first-order valence-corrected chi connectivity index (χ1v) is 12.3. The van der Waals surface area contributed by atoms with Gasteiger partial charge in [0.25, 0.3) is 0 Å². The Balaban J connectivity index is 1.52. The number of alkyl halides is 6. The van der Waals surface area contributed by atoms with E-state index in [0.29, 0.717) is 17.3 Å². The van der Waals surface area contributed by atoms with Gasteiger partial charge in [-0.05, 0) is 42.5 Å². The second-order valence-corrected chi connectivity index (χ2v) is 10.0. The summed E-state index contributed by atoms with van der Waals surface area (Å²) in [6.07, 6.45) is -10.3. The van der Waals surface area contributed by atoms with Gasteiger partial charge in [0.2, 0.25) is 10.0 Å². The van der Waals surface area contributed by atoms with Crippen molar-refractivity contribution in [3.05, 3.63) is 65.7 Å². The van der Waals surface area contributed by atoms with Gasteiger partial charge in [-0.1, -0.05) is 12.1 Å². The van der Waals surface area contributed by atoms with Crippen LogP contribution in [0.4, 0.5) is 32.2 Å². The summed E-state index contributed by atoms with van der Waals surface area (Å²) in [6, 6.07) is 10.9. The number of methoxy groups -OCH3 is 1. The lowest BCUT2D eigenvalue weighted by Gasteiger charge is -2.34. The van der Waals surface area contributed by atoms with Crippen molar-refractivity contribution in [3.8, 4) is 17.0 Å². The molecule has 2 aromatic carbocycles. The van der Waals surface area contributed by atoms with E-state index in [-0.39, 0.29) is 44.4 Å². The van der Waals surface area contributed by atoms with Gasteiger partial charge in [-0.2, -0.15) is 30.6 Å². The number of anilines is 1. The second kappa shape index (κ2) is 9.82. The Bertz CT molecular complexity index is 1340. The lowest BCUT2D eigenvalue weighted by atomic mass is 10.1. The number of benzene rings is 2. The summed E-state index contributed by atoms with van der Waals surface area (Å²) in [4.78, 5) is 0.655. The third kappa shape index (κ3) is 5.64. The zero-order valence-electron chi connectivity index (χ0n) is 19.2. The van der Waals surface area contributed by atoms with Crippen molar-refractivity contribution in [2.24, 2.45) is 0 Å². The predicted octanol–water partition coefficient (Wildman–Crippen LogP) is 4.70. The molecular weight excluding hydrogens is 526 g/mol. The van der Waals surface area contributed by atoms with Gasteiger partial charge in [-0.3, -0.25) is 0 Å². The fraction of sp³-hybridized carbons (Fsp3) is 0.304. The Morgan fingerprint density at radius 3 is 1.92 bits per heavy atom. The molecule has 14 heteroatoms. The third-order valence-electron chi connectivity index (χ3n) is 5.79. The van der Waals surface area contributed by atoms with Gasteiger partial charge < -0.3 is 9.64 Å². The minimum absolute atomic E-state index is 0.104. The quantitative estimate of drug-likeness (QED) is 0.432. The van der Waals surface area contributed by atoms with Crippen LogP contribution in [0.5, 0.6) is 5.75 Å². The van der Waals surface area contributed by atoms with Crippen LogP contribution in [0, 0.1) is 0 Å². The van der Waals surface area contributed by atoms with Gasteiger partial charge in [-0.25, -0.2) is 8.42 Å².